The molecule has 0 saturated heterocycles. The predicted octanol–water partition coefficient (Wildman–Crippen LogP) is 4.07. The molecule has 1 heterocycles. The van der Waals surface area contributed by atoms with Crippen molar-refractivity contribution < 1.29 is 13.5 Å². The predicted molar refractivity (Wildman–Crippen MR) is 130 cm³/mol. The van der Waals surface area contributed by atoms with Gasteiger partial charge in [0.25, 0.3) is 0 Å². The molecule has 0 atom stereocenters. The summed E-state index contributed by atoms with van der Waals surface area (Å²) < 4.78 is 26.6. The van der Waals surface area contributed by atoms with E-state index in [0.29, 0.717) is 40.6 Å². The Morgan fingerprint density at radius 3 is 2.72 bits per heavy atom. The topological polar surface area (TPSA) is 118 Å². The van der Waals surface area contributed by atoms with Gasteiger partial charge in [-0.15, -0.1) is 11.3 Å². The summed E-state index contributed by atoms with van der Waals surface area (Å²) in [7, 11) is -3.42. The van der Waals surface area contributed by atoms with E-state index in [1.807, 2.05) is 18.3 Å². The molecule has 1 aromatic heterocycles. The van der Waals surface area contributed by atoms with Crippen LogP contribution in [0.5, 0.6) is 0 Å². The number of rotatable bonds is 9. The number of aliphatic hydroxyl groups is 1. The standard InChI is InChI=1S/C23H30N4O3S2/c24-13-18(14-25-10-11-28)27-17-6-9-20(22(12-17)32(29,30)19-7-8-19)21-15-26-23(31-21)16-4-2-1-3-5-16/h6,9,12-16,19,27-28H,1-5,7-8,10-11,24H2. The van der Waals surface area contributed by atoms with Crippen molar-refractivity contribution >= 4 is 33.1 Å². The van der Waals surface area contributed by atoms with Gasteiger partial charge in [0.05, 0.1) is 38.9 Å². The quantitative estimate of drug-likeness (QED) is 0.472. The van der Waals surface area contributed by atoms with E-state index < -0.39 is 9.84 Å². The van der Waals surface area contributed by atoms with Gasteiger partial charge < -0.3 is 16.2 Å². The van der Waals surface area contributed by atoms with Crippen molar-refractivity contribution in [3.05, 3.63) is 41.3 Å². The highest BCUT2D eigenvalue weighted by atomic mass is 32.2. The largest absolute Gasteiger partial charge is 0.403 e. The third-order valence-corrected chi connectivity index (χ3v) is 9.42. The first kappa shape index (κ1) is 22.9. The number of thiazole rings is 1. The van der Waals surface area contributed by atoms with E-state index in [4.69, 9.17) is 10.8 Å². The van der Waals surface area contributed by atoms with E-state index in [2.05, 4.69) is 15.3 Å². The number of anilines is 1. The molecule has 4 rings (SSSR count). The number of benzene rings is 1. The van der Waals surface area contributed by atoms with Crippen molar-refractivity contribution in [3.63, 3.8) is 0 Å². The van der Waals surface area contributed by atoms with Crippen LogP contribution < -0.4 is 11.1 Å². The fourth-order valence-electron chi connectivity index (χ4n) is 4.05. The Labute approximate surface area is 193 Å². The normalized spacial score (nSPS) is 18.3. The second-order valence-electron chi connectivity index (χ2n) is 8.36. The van der Waals surface area contributed by atoms with Crippen molar-refractivity contribution in [2.75, 3.05) is 18.5 Å². The molecule has 2 saturated carbocycles. The van der Waals surface area contributed by atoms with Crippen LogP contribution in [-0.4, -0.2) is 43.1 Å². The van der Waals surface area contributed by atoms with Crippen LogP contribution in [-0.2, 0) is 9.84 Å². The summed E-state index contributed by atoms with van der Waals surface area (Å²) in [6.07, 6.45) is 12.2. The molecule has 0 bridgehead atoms. The third kappa shape index (κ3) is 5.22. The van der Waals surface area contributed by atoms with Gasteiger partial charge >= 0.3 is 0 Å². The molecule has 0 aliphatic heterocycles. The van der Waals surface area contributed by atoms with E-state index in [-0.39, 0.29) is 18.4 Å². The minimum absolute atomic E-state index is 0.0511. The summed E-state index contributed by atoms with van der Waals surface area (Å²) in [4.78, 5) is 9.98. The van der Waals surface area contributed by atoms with Gasteiger partial charge in [-0.3, -0.25) is 4.99 Å². The lowest BCUT2D eigenvalue weighted by atomic mass is 9.90. The molecule has 32 heavy (non-hydrogen) atoms. The maximum absolute atomic E-state index is 13.3. The van der Waals surface area contributed by atoms with E-state index in [0.717, 1.165) is 22.7 Å². The lowest BCUT2D eigenvalue weighted by Crippen LogP contribution is -2.10. The van der Waals surface area contributed by atoms with Crippen LogP contribution in [0, 0.1) is 0 Å². The van der Waals surface area contributed by atoms with Gasteiger partial charge in [-0.05, 0) is 37.8 Å². The summed E-state index contributed by atoms with van der Waals surface area (Å²) in [5.41, 5.74) is 7.54. The van der Waals surface area contributed by atoms with Crippen LogP contribution in [0.15, 0.2) is 46.2 Å². The fourth-order valence-corrected chi connectivity index (χ4v) is 7.13. The number of allylic oxidation sites excluding steroid dienone is 1. The van der Waals surface area contributed by atoms with Crippen LogP contribution in [0.1, 0.15) is 55.9 Å². The van der Waals surface area contributed by atoms with Gasteiger partial charge in [0.15, 0.2) is 9.84 Å². The van der Waals surface area contributed by atoms with Gasteiger partial charge in [-0.2, -0.15) is 0 Å². The zero-order chi connectivity index (χ0) is 22.6. The number of hydrogen-bond acceptors (Lipinski definition) is 8. The number of sulfone groups is 1. The number of aliphatic hydroxyl groups excluding tert-OH is 1. The fraction of sp³-hybridized carbons (Fsp3) is 0.478. The lowest BCUT2D eigenvalue weighted by molar-refractivity contribution is 0.307. The molecule has 2 fully saturated rings. The van der Waals surface area contributed by atoms with Gasteiger partial charge in [0.2, 0.25) is 0 Å². The molecule has 9 heteroatoms. The first-order chi connectivity index (χ1) is 15.5. The summed E-state index contributed by atoms with van der Waals surface area (Å²) in [5.74, 6) is 0.488. The highest BCUT2D eigenvalue weighted by Gasteiger charge is 2.38. The van der Waals surface area contributed by atoms with Crippen molar-refractivity contribution in [1.82, 2.24) is 4.98 Å². The number of nitrogens with two attached hydrogens (primary N) is 1. The number of aliphatic imine (C=N–C) groups is 1. The average molecular weight is 475 g/mol. The van der Waals surface area contributed by atoms with E-state index >= 15 is 0 Å². The van der Waals surface area contributed by atoms with E-state index in [1.165, 1.54) is 31.7 Å². The van der Waals surface area contributed by atoms with Crippen LogP contribution in [0.3, 0.4) is 0 Å². The molecule has 2 aromatic rings. The smallest absolute Gasteiger partial charge is 0.181 e. The van der Waals surface area contributed by atoms with Gasteiger partial charge in [-0.25, -0.2) is 13.4 Å². The van der Waals surface area contributed by atoms with Crippen LogP contribution in [0.25, 0.3) is 10.4 Å². The average Bonchev–Trinajstić information content (AvgIpc) is 3.57. The molecule has 1 aromatic carbocycles. The zero-order valence-corrected chi connectivity index (χ0v) is 19.7. The van der Waals surface area contributed by atoms with Crippen LogP contribution in [0.4, 0.5) is 5.69 Å². The molecule has 0 spiro atoms. The highest BCUT2D eigenvalue weighted by Crippen LogP contribution is 2.42. The molecular weight excluding hydrogens is 444 g/mol. The minimum atomic E-state index is -3.42. The maximum atomic E-state index is 13.3. The Morgan fingerprint density at radius 1 is 1.25 bits per heavy atom. The Kier molecular flexibility index (Phi) is 7.27. The SMILES string of the molecule is NC=C(C=NCCO)Nc1ccc(-c2cnc(C3CCCCC3)s2)c(S(=O)(=O)C2CC2)c1. The first-order valence-electron chi connectivity index (χ1n) is 11.2. The van der Waals surface area contributed by atoms with Crippen molar-refractivity contribution in [2.45, 2.75) is 61.0 Å². The third-order valence-electron chi connectivity index (χ3n) is 5.92. The van der Waals surface area contributed by atoms with Crippen molar-refractivity contribution in [2.24, 2.45) is 10.7 Å². The summed E-state index contributed by atoms with van der Waals surface area (Å²) in [5, 5.41) is 12.8. The monoisotopic (exact) mass is 474 g/mol. The molecule has 0 radical (unpaired) electrons. The molecule has 172 valence electrons. The molecule has 4 N–H and O–H groups in total. The summed E-state index contributed by atoms with van der Waals surface area (Å²) >= 11 is 1.62. The van der Waals surface area contributed by atoms with Crippen LogP contribution >= 0.6 is 11.3 Å². The van der Waals surface area contributed by atoms with Gasteiger partial charge in [0.1, 0.15) is 0 Å². The van der Waals surface area contributed by atoms with Crippen molar-refractivity contribution in [1.29, 1.82) is 0 Å². The van der Waals surface area contributed by atoms with Gasteiger partial charge in [0, 0.05) is 35.8 Å². The second kappa shape index (κ2) is 10.1. The molecular formula is C23H30N4O3S2. The highest BCUT2D eigenvalue weighted by molar-refractivity contribution is 7.92. The first-order valence-corrected chi connectivity index (χ1v) is 13.5. The lowest BCUT2D eigenvalue weighted by Gasteiger charge is -2.18. The molecule has 2 aliphatic rings. The molecule has 0 amide bonds. The molecule has 0 unspecified atom stereocenters. The van der Waals surface area contributed by atoms with Crippen LogP contribution in [0.2, 0.25) is 0 Å². The molecule has 7 nitrogen and oxygen atoms in total. The summed E-state index contributed by atoms with van der Waals surface area (Å²) in [6.45, 7) is 0.221. The summed E-state index contributed by atoms with van der Waals surface area (Å²) in [6, 6.07) is 5.39. The maximum Gasteiger partial charge on any atom is 0.181 e. The zero-order valence-electron chi connectivity index (χ0n) is 18.0. The Balaban J connectivity index is 1.66. The number of nitrogens with one attached hydrogen (secondary N) is 1. The van der Waals surface area contributed by atoms with E-state index in [1.54, 1.807) is 17.4 Å². The number of nitrogens with zero attached hydrogens (tertiary/aromatic N) is 2. The van der Waals surface area contributed by atoms with E-state index in [9.17, 15) is 8.42 Å². The Bertz CT molecular complexity index is 1100. The number of hydrogen-bond donors (Lipinski definition) is 3. The Hall–Kier alpha value is -2.23. The van der Waals surface area contributed by atoms with Crippen molar-refractivity contribution in [3.8, 4) is 10.4 Å². The minimum Gasteiger partial charge on any atom is -0.403 e. The Morgan fingerprint density at radius 2 is 2.03 bits per heavy atom. The second-order valence-corrected chi connectivity index (χ2v) is 11.6. The van der Waals surface area contributed by atoms with Gasteiger partial charge in [-0.1, -0.05) is 25.3 Å². The molecule has 2 aliphatic carbocycles. The number of aromatic nitrogens is 1.